The van der Waals surface area contributed by atoms with E-state index in [2.05, 4.69) is 39.5 Å². The van der Waals surface area contributed by atoms with Gasteiger partial charge in [0.25, 0.3) is 0 Å². The molecule has 0 saturated carbocycles. The number of carbonyl (C=O) groups excluding carboxylic acids is 1. The smallest absolute Gasteiger partial charge is 0.223 e. The van der Waals surface area contributed by atoms with Crippen molar-refractivity contribution in [2.24, 2.45) is 5.41 Å². The fourth-order valence-corrected chi connectivity index (χ4v) is 2.20. The first-order valence-electron chi connectivity index (χ1n) is 7.40. The van der Waals surface area contributed by atoms with Crippen LogP contribution in [0, 0.1) is 5.41 Å². The van der Waals surface area contributed by atoms with E-state index in [9.17, 15) is 4.79 Å². The monoisotopic (exact) mass is 270 g/mol. The Bertz CT molecular complexity index is 276. The second-order valence-electron chi connectivity index (χ2n) is 6.88. The number of ether oxygens (including phenoxy) is 1. The Morgan fingerprint density at radius 3 is 2.21 bits per heavy atom. The van der Waals surface area contributed by atoms with Gasteiger partial charge in [0.15, 0.2) is 0 Å². The third-order valence-electron chi connectivity index (χ3n) is 3.27. The van der Waals surface area contributed by atoms with Crippen molar-refractivity contribution in [2.45, 2.75) is 47.1 Å². The van der Waals surface area contributed by atoms with Crippen LogP contribution in [0.1, 0.15) is 41.0 Å². The molecular weight excluding hydrogens is 240 g/mol. The topological polar surface area (TPSA) is 32.8 Å². The maximum absolute atomic E-state index is 12.1. The van der Waals surface area contributed by atoms with Gasteiger partial charge < -0.3 is 9.64 Å². The Morgan fingerprint density at radius 1 is 1.16 bits per heavy atom. The summed E-state index contributed by atoms with van der Waals surface area (Å²) in [7, 11) is 0. The minimum absolute atomic E-state index is 0.0827. The molecule has 1 aliphatic rings. The summed E-state index contributed by atoms with van der Waals surface area (Å²) in [4.78, 5) is 16.5. The first kappa shape index (κ1) is 16.4. The third kappa shape index (κ3) is 6.92. The molecule has 19 heavy (non-hydrogen) atoms. The van der Waals surface area contributed by atoms with Crippen molar-refractivity contribution in [3.8, 4) is 0 Å². The van der Waals surface area contributed by atoms with E-state index in [1.54, 1.807) is 0 Å². The largest absolute Gasteiger partial charge is 0.377 e. The SMILES string of the molecule is CC(C)OCCN1CCN(C(=O)CC(C)(C)C)CC1. The van der Waals surface area contributed by atoms with Gasteiger partial charge in [-0.15, -0.1) is 0 Å². The first-order valence-corrected chi connectivity index (χ1v) is 7.40. The highest BCUT2D eigenvalue weighted by molar-refractivity contribution is 5.76. The molecule has 0 spiro atoms. The van der Waals surface area contributed by atoms with Gasteiger partial charge in [-0.1, -0.05) is 20.8 Å². The summed E-state index contributed by atoms with van der Waals surface area (Å²) in [5, 5.41) is 0. The zero-order chi connectivity index (χ0) is 14.5. The lowest BCUT2D eigenvalue weighted by Crippen LogP contribution is -2.50. The lowest BCUT2D eigenvalue weighted by atomic mass is 9.91. The lowest BCUT2D eigenvalue weighted by molar-refractivity contribution is -0.134. The van der Waals surface area contributed by atoms with Crippen LogP contribution in [0.5, 0.6) is 0 Å². The Kier molecular flexibility index (Phi) is 6.27. The predicted octanol–water partition coefficient (Wildman–Crippen LogP) is 1.99. The van der Waals surface area contributed by atoms with Gasteiger partial charge in [0, 0.05) is 39.1 Å². The van der Waals surface area contributed by atoms with Gasteiger partial charge in [-0.2, -0.15) is 0 Å². The number of hydrogen-bond acceptors (Lipinski definition) is 3. The minimum Gasteiger partial charge on any atom is -0.377 e. The fraction of sp³-hybridized carbons (Fsp3) is 0.933. The standard InChI is InChI=1S/C15H30N2O2/c1-13(2)19-11-10-16-6-8-17(9-7-16)14(18)12-15(3,4)5/h13H,6-12H2,1-5H3. The predicted molar refractivity (Wildman–Crippen MR) is 78.2 cm³/mol. The molecule has 4 nitrogen and oxygen atoms in total. The summed E-state index contributed by atoms with van der Waals surface area (Å²) >= 11 is 0. The van der Waals surface area contributed by atoms with Crippen LogP contribution in [0.3, 0.4) is 0 Å². The Hall–Kier alpha value is -0.610. The van der Waals surface area contributed by atoms with Crippen molar-refractivity contribution in [2.75, 3.05) is 39.3 Å². The molecule has 0 aliphatic carbocycles. The van der Waals surface area contributed by atoms with Crippen LogP contribution in [0.2, 0.25) is 0 Å². The molecule has 0 aromatic heterocycles. The van der Waals surface area contributed by atoms with E-state index in [0.29, 0.717) is 18.4 Å². The summed E-state index contributed by atoms with van der Waals surface area (Å²) in [6.07, 6.45) is 0.943. The molecule has 1 fully saturated rings. The fourth-order valence-electron chi connectivity index (χ4n) is 2.20. The van der Waals surface area contributed by atoms with E-state index in [-0.39, 0.29) is 5.41 Å². The molecule has 1 rings (SSSR count). The quantitative estimate of drug-likeness (QED) is 0.766. The van der Waals surface area contributed by atoms with Crippen LogP contribution in [-0.2, 0) is 9.53 Å². The molecule has 4 heteroatoms. The molecule has 1 saturated heterocycles. The highest BCUT2D eigenvalue weighted by Crippen LogP contribution is 2.20. The molecule has 1 heterocycles. The van der Waals surface area contributed by atoms with Crippen molar-refractivity contribution in [3.63, 3.8) is 0 Å². The number of amides is 1. The molecule has 1 aliphatic heterocycles. The molecule has 0 aromatic carbocycles. The number of hydrogen-bond donors (Lipinski definition) is 0. The van der Waals surface area contributed by atoms with E-state index in [1.165, 1.54) is 0 Å². The zero-order valence-electron chi connectivity index (χ0n) is 13.2. The number of nitrogens with zero attached hydrogens (tertiary/aromatic N) is 2. The Balaban J connectivity index is 2.23. The highest BCUT2D eigenvalue weighted by atomic mass is 16.5. The van der Waals surface area contributed by atoms with Crippen LogP contribution >= 0.6 is 0 Å². The summed E-state index contributed by atoms with van der Waals surface area (Å²) in [5.41, 5.74) is 0.0827. The van der Waals surface area contributed by atoms with Crippen molar-refractivity contribution in [1.82, 2.24) is 9.80 Å². The van der Waals surface area contributed by atoms with E-state index < -0.39 is 0 Å². The third-order valence-corrected chi connectivity index (χ3v) is 3.27. The van der Waals surface area contributed by atoms with Gasteiger partial charge >= 0.3 is 0 Å². The van der Waals surface area contributed by atoms with Crippen LogP contribution < -0.4 is 0 Å². The molecule has 1 amide bonds. The molecule has 0 N–H and O–H groups in total. The van der Waals surface area contributed by atoms with Gasteiger partial charge in [0.2, 0.25) is 5.91 Å². The van der Waals surface area contributed by atoms with E-state index >= 15 is 0 Å². The Morgan fingerprint density at radius 2 is 1.74 bits per heavy atom. The maximum atomic E-state index is 12.1. The lowest BCUT2D eigenvalue weighted by Gasteiger charge is -2.36. The van der Waals surface area contributed by atoms with Crippen molar-refractivity contribution >= 4 is 5.91 Å². The number of piperazine rings is 1. The number of carbonyl (C=O) groups is 1. The summed E-state index contributed by atoms with van der Waals surface area (Å²) in [6, 6.07) is 0. The van der Waals surface area contributed by atoms with E-state index in [1.807, 2.05) is 4.90 Å². The van der Waals surface area contributed by atoms with E-state index in [4.69, 9.17) is 4.74 Å². The van der Waals surface area contributed by atoms with Crippen molar-refractivity contribution < 1.29 is 9.53 Å². The maximum Gasteiger partial charge on any atom is 0.223 e. The normalized spacial score (nSPS) is 18.1. The Labute approximate surface area is 118 Å². The van der Waals surface area contributed by atoms with Crippen molar-refractivity contribution in [3.05, 3.63) is 0 Å². The molecule has 0 aromatic rings. The molecule has 0 atom stereocenters. The van der Waals surface area contributed by atoms with Crippen molar-refractivity contribution in [1.29, 1.82) is 0 Å². The van der Waals surface area contributed by atoms with Gasteiger partial charge in [-0.3, -0.25) is 9.69 Å². The minimum atomic E-state index is 0.0827. The first-order chi connectivity index (χ1) is 8.78. The molecule has 0 unspecified atom stereocenters. The average Bonchev–Trinajstić information content (AvgIpc) is 2.27. The molecule has 0 radical (unpaired) electrons. The summed E-state index contributed by atoms with van der Waals surface area (Å²) < 4.78 is 5.56. The van der Waals surface area contributed by atoms with Crippen LogP contribution in [0.25, 0.3) is 0 Å². The molecule has 112 valence electrons. The van der Waals surface area contributed by atoms with Crippen LogP contribution in [0.15, 0.2) is 0 Å². The van der Waals surface area contributed by atoms with Gasteiger partial charge in [0.1, 0.15) is 0 Å². The second kappa shape index (κ2) is 7.25. The van der Waals surface area contributed by atoms with Gasteiger partial charge in [0.05, 0.1) is 12.7 Å². The summed E-state index contributed by atoms with van der Waals surface area (Å²) in [5.74, 6) is 0.297. The highest BCUT2D eigenvalue weighted by Gasteiger charge is 2.24. The second-order valence-corrected chi connectivity index (χ2v) is 6.88. The average molecular weight is 270 g/mol. The van der Waals surface area contributed by atoms with Crippen LogP contribution in [0.4, 0.5) is 0 Å². The number of rotatable bonds is 5. The van der Waals surface area contributed by atoms with E-state index in [0.717, 1.165) is 39.3 Å². The molecular formula is C15H30N2O2. The molecule has 0 bridgehead atoms. The zero-order valence-corrected chi connectivity index (χ0v) is 13.2. The van der Waals surface area contributed by atoms with Crippen LogP contribution in [-0.4, -0.2) is 61.1 Å². The van der Waals surface area contributed by atoms with Gasteiger partial charge in [-0.05, 0) is 19.3 Å². The summed E-state index contributed by atoms with van der Waals surface area (Å²) in [6.45, 7) is 15.9. The van der Waals surface area contributed by atoms with Gasteiger partial charge in [-0.25, -0.2) is 0 Å².